The van der Waals surface area contributed by atoms with Gasteiger partial charge in [-0.2, -0.15) is 10.1 Å². The van der Waals surface area contributed by atoms with E-state index in [0.29, 0.717) is 37.5 Å². The fourth-order valence-electron chi connectivity index (χ4n) is 4.48. The molecule has 0 radical (unpaired) electrons. The van der Waals surface area contributed by atoms with Crippen LogP contribution in [0.5, 0.6) is 5.75 Å². The summed E-state index contributed by atoms with van der Waals surface area (Å²) >= 11 is 0. The molecule has 0 bridgehead atoms. The smallest absolute Gasteiger partial charge is 0.236 e. The molecule has 0 saturated carbocycles. The van der Waals surface area contributed by atoms with Gasteiger partial charge < -0.3 is 30.9 Å². The predicted octanol–water partition coefficient (Wildman–Crippen LogP) is 1.71. The molecule has 1 aliphatic rings. The number of nitrogen functional groups attached to an aromatic ring is 1. The predicted molar refractivity (Wildman–Crippen MR) is 141 cm³/mol. The minimum Gasteiger partial charge on any atom is -0.496 e. The van der Waals surface area contributed by atoms with Crippen molar-refractivity contribution in [3.05, 3.63) is 35.5 Å². The summed E-state index contributed by atoms with van der Waals surface area (Å²) in [5.74, 6) is 1.83. The molecule has 3 heterocycles. The normalized spacial score (nSPS) is 16.0. The summed E-state index contributed by atoms with van der Waals surface area (Å²) in [6, 6.07) is 6.25. The Hall–Kier alpha value is -3.44. The van der Waals surface area contributed by atoms with Crippen LogP contribution in [-0.2, 0) is 11.3 Å². The van der Waals surface area contributed by atoms with Crippen LogP contribution in [0.3, 0.4) is 0 Å². The number of anilines is 2. The molecule has 1 fully saturated rings. The standard InChI is InChI=1S/C25H37N9O2/c1-5-6-9-28-24-23-19(30-25(26)31-24)13-29-34(23)14-18-8-7-17(12-21(18)36-4)20-15-33(11-10-27-20)22(35)16-32(2)3/h7-8,12-13,20,27H,5-6,9-11,14-16H2,1-4H3,(H3,26,28,30,31). The summed E-state index contributed by atoms with van der Waals surface area (Å²) in [7, 11) is 5.50. The molecule has 11 heteroatoms. The van der Waals surface area contributed by atoms with Crippen LogP contribution in [0.15, 0.2) is 24.4 Å². The number of ether oxygens (including phenoxy) is 1. The number of carbonyl (C=O) groups excluding carboxylic acids is 1. The van der Waals surface area contributed by atoms with Gasteiger partial charge in [0.1, 0.15) is 16.8 Å². The molecule has 1 amide bonds. The number of rotatable bonds is 10. The van der Waals surface area contributed by atoms with E-state index in [-0.39, 0.29) is 17.9 Å². The van der Waals surface area contributed by atoms with Crippen LogP contribution in [0, 0.1) is 0 Å². The Morgan fingerprint density at radius 3 is 2.92 bits per heavy atom. The Bertz CT molecular complexity index is 1190. The second-order valence-corrected chi connectivity index (χ2v) is 9.40. The largest absolute Gasteiger partial charge is 0.496 e. The van der Waals surface area contributed by atoms with E-state index in [4.69, 9.17) is 10.5 Å². The lowest BCUT2D eigenvalue weighted by Crippen LogP contribution is -2.50. The van der Waals surface area contributed by atoms with Gasteiger partial charge in [0.25, 0.3) is 0 Å². The van der Waals surface area contributed by atoms with E-state index in [1.165, 1.54) is 0 Å². The average molecular weight is 496 g/mol. The number of hydrogen-bond donors (Lipinski definition) is 3. The number of carbonyl (C=O) groups is 1. The monoisotopic (exact) mass is 495 g/mol. The maximum Gasteiger partial charge on any atom is 0.236 e. The molecule has 1 aliphatic heterocycles. The molecule has 36 heavy (non-hydrogen) atoms. The van der Waals surface area contributed by atoms with Gasteiger partial charge in [-0.1, -0.05) is 25.5 Å². The number of hydrogen-bond acceptors (Lipinski definition) is 9. The maximum atomic E-state index is 12.6. The van der Waals surface area contributed by atoms with Crippen molar-refractivity contribution in [1.29, 1.82) is 0 Å². The van der Waals surface area contributed by atoms with Crippen LogP contribution in [0.1, 0.15) is 36.9 Å². The van der Waals surface area contributed by atoms with Gasteiger partial charge in [-0.05, 0) is 32.1 Å². The fourth-order valence-corrected chi connectivity index (χ4v) is 4.48. The zero-order valence-corrected chi connectivity index (χ0v) is 21.6. The third kappa shape index (κ3) is 5.85. The Morgan fingerprint density at radius 2 is 2.17 bits per heavy atom. The first-order valence-corrected chi connectivity index (χ1v) is 12.4. The first-order valence-electron chi connectivity index (χ1n) is 12.4. The van der Waals surface area contributed by atoms with Crippen LogP contribution >= 0.6 is 0 Å². The summed E-state index contributed by atoms with van der Waals surface area (Å²) in [6.07, 6.45) is 3.82. The number of nitrogens with zero attached hydrogens (tertiary/aromatic N) is 6. The quantitative estimate of drug-likeness (QED) is 0.360. The lowest BCUT2D eigenvalue weighted by molar-refractivity contribution is -0.133. The molecule has 1 atom stereocenters. The number of amides is 1. The number of fused-ring (bicyclic) bond motifs is 1. The van der Waals surface area contributed by atoms with Gasteiger partial charge in [0, 0.05) is 31.7 Å². The molecule has 1 aromatic carbocycles. The summed E-state index contributed by atoms with van der Waals surface area (Å²) in [6.45, 7) is 5.95. The molecule has 1 unspecified atom stereocenters. The molecule has 11 nitrogen and oxygen atoms in total. The van der Waals surface area contributed by atoms with Crippen molar-refractivity contribution in [3.8, 4) is 5.75 Å². The molecular formula is C25H37N9O2. The van der Waals surface area contributed by atoms with Crippen LogP contribution in [-0.4, -0.2) is 89.4 Å². The van der Waals surface area contributed by atoms with E-state index in [0.717, 1.165) is 48.3 Å². The molecule has 1 saturated heterocycles. The molecule has 0 spiro atoms. The number of nitrogens with two attached hydrogens (primary N) is 1. The van der Waals surface area contributed by atoms with Crippen LogP contribution in [0.25, 0.3) is 11.0 Å². The maximum absolute atomic E-state index is 12.6. The highest BCUT2D eigenvalue weighted by atomic mass is 16.5. The van der Waals surface area contributed by atoms with Crippen LogP contribution < -0.4 is 21.1 Å². The average Bonchev–Trinajstić information content (AvgIpc) is 3.26. The minimum absolute atomic E-state index is 0.0455. The molecule has 4 rings (SSSR count). The van der Waals surface area contributed by atoms with Gasteiger partial charge in [0.15, 0.2) is 5.82 Å². The number of piperazine rings is 1. The van der Waals surface area contributed by atoms with Gasteiger partial charge in [-0.15, -0.1) is 0 Å². The highest BCUT2D eigenvalue weighted by Gasteiger charge is 2.25. The Morgan fingerprint density at radius 1 is 1.33 bits per heavy atom. The molecule has 2 aromatic heterocycles. The van der Waals surface area contributed by atoms with Crippen molar-refractivity contribution >= 4 is 28.7 Å². The Kier molecular flexibility index (Phi) is 8.21. The zero-order chi connectivity index (χ0) is 25.7. The summed E-state index contributed by atoms with van der Waals surface area (Å²) in [5.41, 5.74) is 9.51. The van der Waals surface area contributed by atoms with Crippen molar-refractivity contribution in [2.24, 2.45) is 0 Å². The summed E-state index contributed by atoms with van der Waals surface area (Å²) in [4.78, 5) is 25.2. The third-order valence-electron chi connectivity index (χ3n) is 6.34. The van der Waals surface area contributed by atoms with E-state index < -0.39 is 0 Å². The highest BCUT2D eigenvalue weighted by Crippen LogP contribution is 2.28. The van der Waals surface area contributed by atoms with Gasteiger partial charge in [-0.25, -0.2) is 4.98 Å². The number of methoxy groups -OCH3 is 1. The molecule has 3 aromatic rings. The number of unbranched alkanes of at least 4 members (excludes halogenated alkanes) is 1. The van der Waals surface area contributed by atoms with Crippen molar-refractivity contribution in [2.75, 3.05) is 65.0 Å². The number of benzene rings is 1. The summed E-state index contributed by atoms with van der Waals surface area (Å²) in [5, 5.41) is 11.5. The van der Waals surface area contributed by atoms with Gasteiger partial charge in [0.2, 0.25) is 11.9 Å². The number of likely N-dealkylation sites (N-methyl/N-ethyl adjacent to an activating group) is 1. The van der Waals surface area contributed by atoms with E-state index >= 15 is 0 Å². The second-order valence-electron chi connectivity index (χ2n) is 9.40. The van der Waals surface area contributed by atoms with E-state index in [1.54, 1.807) is 13.3 Å². The van der Waals surface area contributed by atoms with Crippen molar-refractivity contribution < 1.29 is 9.53 Å². The Balaban J connectivity index is 1.56. The SMILES string of the molecule is CCCCNc1nc(N)nc2cnn(Cc3ccc(C4CN(C(=O)CN(C)C)CCN4)cc3OC)c12. The van der Waals surface area contributed by atoms with Crippen molar-refractivity contribution in [3.63, 3.8) is 0 Å². The fraction of sp³-hybridized carbons (Fsp3) is 0.520. The van der Waals surface area contributed by atoms with E-state index in [9.17, 15) is 4.79 Å². The molecular weight excluding hydrogens is 458 g/mol. The van der Waals surface area contributed by atoms with E-state index in [2.05, 4.69) is 44.8 Å². The lowest BCUT2D eigenvalue weighted by Gasteiger charge is -2.34. The third-order valence-corrected chi connectivity index (χ3v) is 6.34. The first kappa shape index (κ1) is 25.6. The summed E-state index contributed by atoms with van der Waals surface area (Å²) < 4.78 is 7.65. The second kappa shape index (κ2) is 11.5. The topological polar surface area (TPSA) is 126 Å². The highest BCUT2D eigenvalue weighted by molar-refractivity contribution is 5.86. The van der Waals surface area contributed by atoms with E-state index in [1.807, 2.05) is 34.6 Å². The molecule has 4 N–H and O–H groups in total. The number of aromatic nitrogens is 4. The van der Waals surface area contributed by atoms with Crippen LogP contribution in [0.4, 0.5) is 11.8 Å². The minimum atomic E-state index is 0.0455. The zero-order valence-electron chi connectivity index (χ0n) is 21.6. The molecule has 0 aliphatic carbocycles. The van der Waals surface area contributed by atoms with Gasteiger partial charge in [-0.3, -0.25) is 9.48 Å². The van der Waals surface area contributed by atoms with Crippen molar-refractivity contribution in [2.45, 2.75) is 32.4 Å². The van der Waals surface area contributed by atoms with Crippen LogP contribution in [0.2, 0.25) is 0 Å². The Labute approximate surface area is 212 Å². The first-order chi connectivity index (χ1) is 17.4. The lowest BCUT2D eigenvalue weighted by atomic mass is 10.0. The molecule has 194 valence electrons. The van der Waals surface area contributed by atoms with Gasteiger partial charge >= 0.3 is 0 Å². The van der Waals surface area contributed by atoms with Crippen molar-refractivity contribution in [1.82, 2.24) is 34.9 Å². The number of nitrogens with one attached hydrogen (secondary N) is 2. The van der Waals surface area contributed by atoms with Gasteiger partial charge in [0.05, 0.1) is 32.4 Å².